The number of benzene rings is 2. The maximum absolute atomic E-state index is 10.9. The van der Waals surface area contributed by atoms with Gasteiger partial charge in [0.2, 0.25) is 0 Å². The van der Waals surface area contributed by atoms with E-state index in [2.05, 4.69) is 37.4 Å². The molecule has 1 aliphatic rings. The average molecular weight is 294 g/mol. The number of nitrogens with one attached hydrogen (secondary N) is 1. The van der Waals surface area contributed by atoms with Crippen LogP contribution in [-0.2, 0) is 18.4 Å². The van der Waals surface area contributed by atoms with Crippen molar-refractivity contribution in [3.05, 3.63) is 59.2 Å². The molecule has 3 rings (SSSR count). The summed E-state index contributed by atoms with van der Waals surface area (Å²) in [6.45, 7) is 6.06. The number of aryl methyl sites for hydroxylation is 2. The third-order valence-electron chi connectivity index (χ3n) is 4.35. The number of rotatable bonds is 3. The van der Waals surface area contributed by atoms with Gasteiger partial charge in [-0.25, -0.2) is 4.99 Å². The van der Waals surface area contributed by atoms with Crippen molar-refractivity contribution in [2.45, 2.75) is 39.2 Å². The molecule has 1 unspecified atom stereocenters. The number of anilines is 1. The molecule has 2 aromatic carbocycles. The molecule has 0 aliphatic carbocycles. The quantitative estimate of drug-likeness (QED) is 0.892. The third kappa shape index (κ3) is 2.32. The van der Waals surface area contributed by atoms with Crippen LogP contribution in [0.2, 0.25) is 0 Å². The van der Waals surface area contributed by atoms with Crippen LogP contribution >= 0.6 is 0 Å². The molecule has 0 radical (unpaired) electrons. The Morgan fingerprint density at radius 2 is 1.64 bits per heavy atom. The molecule has 1 heterocycles. The Labute approximate surface area is 131 Å². The van der Waals surface area contributed by atoms with E-state index in [0.29, 0.717) is 5.84 Å². The van der Waals surface area contributed by atoms with Gasteiger partial charge in [-0.1, -0.05) is 50.2 Å². The zero-order chi connectivity index (χ0) is 15.7. The van der Waals surface area contributed by atoms with Crippen molar-refractivity contribution in [1.29, 1.82) is 0 Å². The van der Waals surface area contributed by atoms with Gasteiger partial charge in [-0.05, 0) is 37.0 Å². The molecule has 22 heavy (non-hydrogen) atoms. The van der Waals surface area contributed by atoms with Crippen molar-refractivity contribution in [2.75, 3.05) is 5.32 Å². The molecule has 114 valence electrons. The highest BCUT2D eigenvalue weighted by molar-refractivity contribution is 6.09. The Bertz CT molecular complexity index is 710. The van der Waals surface area contributed by atoms with E-state index in [1.165, 1.54) is 11.1 Å². The first-order valence-corrected chi connectivity index (χ1v) is 7.86. The van der Waals surface area contributed by atoms with Gasteiger partial charge in [-0.2, -0.15) is 0 Å². The molecule has 0 fully saturated rings. The first kappa shape index (κ1) is 14.8. The Kier molecular flexibility index (Phi) is 3.75. The van der Waals surface area contributed by atoms with E-state index in [0.717, 1.165) is 29.8 Å². The van der Waals surface area contributed by atoms with Gasteiger partial charge in [-0.15, -0.1) is 0 Å². The summed E-state index contributed by atoms with van der Waals surface area (Å²) in [6, 6.07) is 14.1. The number of hydrogen-bond donors (Lipinski definition) is 2. The van der Waals surface area contributed by atoms with Gasteiger partial charge in [0, 0.05) is 11.3 Å². The van der Waals surface area contributed by atoms with Crippen LogP contribution in [0.4, 0.5) is 11.4 Å². The molecule has 0 bridgehead atoms. The Morgan fingerprint density at radius 3 is 2.23 bits per heavy atom. The van der Waals surface area contributed by atoms with E-state index in [1.54, 1.807) is 6.92 Å². The van der Waals surface area contributed by atoms with Crippen molar-refractivity contribution in [3.63, 3.8) is 0 Å². The SMILES string of the molecule is CCc1cccc(CC)c1N=C1Nc2ccccc2C1(C)O. The molecule has 0 amide bonds. The van der Waals surface area contributed by atoms with Crippen molar-refractivity contribution in [1.82, 2.24) is 0 Å². The van der Waals surface area contributed by atoms with Crippen LogP contribution in [0.5, 0.6) is 0 Å². The molecular weight excluding hydrogens is 272 g/mol. The van der Waals surface area contributed by atoms with Crippen molar-refractivity contribution in [2.24, 2.45) is 4.99 Å². The monoisotopic (exact) mass is 294 g/mol. The minimum Gasteiger partial charge on any atom is -0.377 e. The zero-order valence-electron chi connectivity index (χ0n) is 13.4. The Morgan fingerprint density at radius 1 is 1.00 bits per heavy atom. The van der Waals surface area contributed by atoms with Gasteiger partial charge in [0.25, 0.3) is 0 Å². The fraction of sp³-hybridized carbons (Fsp3) is 0.316. The number of aliphatic imine (C=N–C) groups is 1. The molecule has 0 saturated carbocycles. The normalized spacial score (nSPS) is 21.7. The highest BCUT2D eigenvalue weighted by atomic mass is 16.3. The van der Waals surface area contributed by atoms with E-state index >= 15 is 0 Å². The predicted molar refractivity (Wildman–Crippen MR) is 91.9 cm³/mol. The van der Waals surface area contributed by atoms with Gasteiger partial charge in [0.05, 0.1) is 5.69 Å². The number of fused-ring (bicyclic) bond motifs is 1. The van der Waals surface area contributed by atoms with Crippen molar-refractivity contribution in [3.8, 4) is 0 Å². The summed E-state index contributed by atoms with van der Waals surface area (Å²) in [4.78, 5) is 4.82. The number of aliphatic hydroxyl groups is 1. The first-order valence-electron chi connectivity index (χ1n) is 7.86. The predicted octanol–water partition coefficient (Wildman–Crippen LogP) is 4.17. The average Bonchev–Trinajstić information content (AvgIpc) is 2.79. The maximum Gasteiger partial charge on any atom is 0.146 e. The lowest BCUT2D eigenvalue weighted by atomic mass is 9.97. The molecule has 3 nitrogen and oxygen atoms in total. The Hall–Kier alpha value is -2.13. The molecular formula is C19H22N2O. The molecule has 0 saturated heterocycles. The summed E-state index contributed by atoms with van der Waals surface area (Å²) in [5, 5.41) is 14.2. The van der Waals surface area contributed by atoms with E-state index < -0.39 is 5.60 Å². The van der Waals surface area contributed by atoms with Crippen LogP contribution in [0.1, 0.15) is 37.5 Å². The first-order chi connectivity index (χ1) is 10.6. The van der Waals surface area contributed by atoms with E-state index in [4.69, 9.17) is 4.99 Å². The summed E-state index contributed by atoms with van der Waals surface area (Å²) in [6.07, 6.45) is 1.85. The van der Waals surface area contributed by atoms with Crippen LogP contribution in [0.15, 0.2) is 47.5 Å². The lowest BCUT2D eigenvalue weighted by molar-refractivity contribution is 0.137. The lowest BCUT2D eigenvalue weighted by Gasteiger charge is -2.19. The number of para-hydroxylation sites is 2. The summed E-state index contributed by atoms with van der Waals surface area (Å²) in [5.41, 5.74) is 4.13. The van der Waals surface area contributed by atoms with Crippen LogP contribution < -0.4 is 5.32 Å². The minimum atomic E-state index is -1.08. The second-order valence-electron chi connectivity index (χ2n) is 5.84. The molecule has 1 aliphatic heterocycles. The summed E-state index contributed by atoms with van der Waals surface area (Å²) >= 11 is 0. The molecule has 1 atom stereocenters. The van der Waals surface area contributed by atoms with Gasteiger partial charge >= 0.3 is 0 Å². The van der Waals surface area contributed by atoms with Crippen LogP contribution in [0.3, 0.4) is 0 Å². The highest BCUT2D eigenvalue weighted by Gasteiger charge is 2.38. The van der Waals surface area contributed by atoms with Crippen LogP contribution in [0, 0.1) is 0 Å². The van der Waals surface area contributed by atoms with Gasteiger partial charge in [0.1, 0.15) is 11.4 Å². The molecule has 0 spiro atoms. The molecule has 0 aromatic heterocycles. The van der Waals surface area contributed by atoms with E-state index in [1.807, 2.05) is 24.3 Å². The van der Waals surface area contributed by atoms with Crippen LogP contribution in [-0.4, -0.2) is 10.9 Å². The highest BCUT2D eigenvalue weighted by Crippen LogP contribution is 2.38. The number of amidine groups is 1. The summed E-state index contributed by atoms with van der Waals surface area (Å²) in [5.74, 6) is 0.601. The fourth-order valence-corrected chi connectivity index (χ4v) is 3.00. The van der Waals surface area contributed by atoms with E-state index in [9.17, 15) is 5.11 Å². The van der Waals surface area contributed by atoms with Gasteiger partial charge < -0.3 is 10.4 Å². The molecule has 2 aromatic rings. The molecule has 3 heteroatoms. The minimum absolute atomic E-state index is 0.601. The second kappa shape index (κ2) is 5.58. The standard InChI is InChI=1S/C19H22N2O/c1-4-13-9-8-10-14(5-2)17(13)21-18-19(3,22)15-11-6-7-12-16(15)20-18/h6-12,22H,4-5H2,1-3H3,(H,20,21). The summed E-state index contributed by atoms with van der Waals surface area (Å²) in [7, 11) is 0. The van der Waals surface area contributed by atoms with Crippen molar-refractivity contribution >= 4 is 17.2 Å². The maximum atomic E-state index is 10.9. The van der Waals surface area contributed by atoms with Crippen LogP contribution in [0.25, 0.3) is 0 Å². The summed E-state index contributed by atoms with van der Waals surface area (Å²) < 4.78 is 0. The topological polar surface area (TPSA) is 44.6 Å². The number of hydrogen-bond acceptors (Lipinski definition) is 2. The molecule has 2 N–H and O–H groups in total. The number of nitrogens with zero attached hydrogens (tertiary/aromatic N) is 1. The second-order valence-corrected chi connectivity index (χ2v) is 5.84. The van der Waals surface area contributed by atoms with E-state index in [-0.39, 0.29) is 0 Å². The lowest BCUT2D eigenvalue weighted by Crippen LogP contribution is -2.30. The van der Waals surface area contributed by atoms with Gasteiger partial charge in [0.15, 0.2) is 0 Å². The largest absolute Gasteiger partial charge is 0.377 e. The fourth-order valence-electron chi connectivity index (χ4n) is 3.00. The van der Waals surface area contributed by atoms with Gasteiger partial charge in [-0.3, -0.25) is 0 Å². The third-order valence-corrected chi connectivity index (χ3v) is 4.35. The Balaban J connectivity index is 2.12. The smallest absolute Gasteiger partial charge is 0.146 e. The zero-order valence-corrected chi connectivity index (χ0v) is 13.4. The van der Waals surface area contributed by atoms with Crippen molar-refractivity contribution < 1.29 is 5.11 Å².